The highest BCUT2D eigenvalue weighted by Crippen LogP contribution is 2.44. The molecule has 0 heterocycles. The molecular formula is C14H17N3O2S. The predicted molar refractivity (Wildman–Crippen MR) is 81.7 cm³/mol. The molecule has 0 radical (unpaired) electrons. The van der Waals surface area contributed by atoms with Crippen molar-refractivity contribution in [3.63, 3.8) is 0 Å². The van der Waals surface area contributed by atoms with Gasteiger partial charge in [0.05, 0.1) is 4.92 Å². The highest BCUT2D eigenvalue weighted by molar-refractivity contribution is 7.80. The summed E-state index contributed by atoms with van der Waals surface area (Å²) < 4.78 is 0. The maximum Gasteiger partial charge on any atom is 0.271 e. The van der Waals surface area contributed by atoms with Crippen LogP contribution in [0.5, 0.6) is 0 Å². The van der Waals surface area contributed by atoms with Crippen molar-refractivity contribution in [2.24, 2.45) is 11.8 Å². The first-order chi connectivity index (χ1) is 9.61. The van der Waals surface area contributed by atoms with Gasteiger partial charge in [-0.3, -0.25) is 10.1 Å². The van der Waals surface area contributed by atoms with Crippen LogP contribution in [0.25, 0.3) is 0 Å². The monoisotopic (exact) mass is 291 g/mol. The van der Waals surface area contributed by atoms with E-state index in [1.165, 1.54) is 37.8 Å². The van der Waals surface area contributed by atoms with E-state index in [2.05, 4.69) is 10.6 Å². The Kier molecular flexibility index (Phi) is 3.56. The molecule has 5 nitrogen and oxygen atoms in total. The van der Waals surface area contributed by atoms with Gasteiger partial charge >= 0.3 is 0 Å². The highest BCUT2D eigenvalue weighted by atomic mass is 32.1. The van der Waals surface area contributed by atoms with Crippen LogP contribution in [0.3, 0.4) is 0 Å². The number of non-ortho nitro benzene ring substituents is 1. The smallest absolute Gasteiger partial charge is 0.271 e. The fraction of sp³-hybridized carbons (Fsp3) is 0.500. The van der Waals surface area contributed by atoms with E-state index in [0.717, 1.165) is 11.8 Å². The van der Waals surface area contributed by atoms with Crippen LogP contribution < -0.4 is 10.6 Å². The molecule has 1 aromatic rings. The molecule has 2 saturated carbocycles. The van der Waals surface area contributed by atoms with Crippen LogP contribution in [0.1, 0.15) is 25.7 Å². The molecule has 106 valence electrons. The van der Waals surface area contributed by atoms with E-state index < -0.39 is 4.92 Å². The summed E-state index contributed by atoms with van der Waals surface area (Å²) in [6.07, 6.45) is 5.16. The van der Waals surface area contributed by atoms with Gasteiger partial charge in [-0.05, 0) is 49.4 Å². The number of thiocarbonyl (C=S) groups is 1. The van der Waals surface area contributed by atoms with Crippen molar-refractivity contribution in [3.05, 3.63) is 34.4 Å². The van der Waals surface area contributed by atoms with Crippen LogP contribution in [0, 0.1) is 22.0 Å². The van der Waals surface area contributed by atoms with E-state index in [1.807, 2.05) is 0 Å². The number of nitrogens with zero attached hydrogens (tertiary/aromatic N) is 1. The minimum atomic E-state index is -0.405. The molecule has 3 atom stereocenters. The second-order valence-corrected chi connectivity index (χ2v) is 6.10. The minimum absolute atomic E-state index is 0.0673. The number of fused-ring (bicyclic) bond motifs is 2. The van der Waals surface area contributed by atoms with Gasteiger partial charge in [-0.2, -0.15) is 0 Å². The van der Waals surface area contributed by atoms with Crippen LogP contribution in [-0.2, 0) is 0 Å². The Morgan fingerprint density at radius 1 is 1.35 bits per heavy atom. The topological polar surface area (TPSA) is 67.2 Å². The molecule has 2 bridgehead atoms. The molecule has 6 heteroatoms. The number of nitro benzene ring substituents is 1. The third-order valence-corrected chi connectivity index (χ3v) is 4.59. The van der Waals surface area contributed by atoms with Gasteiger partial charge in [-0.15, -0.1) is 0 Å². The number of nitro groups is 1. The van der Waals surface area contributed by atoms with Crippen molar-refractivity contribution in [1.82, 2.24) is 5.32 Å². The van der Waals surface area contributed by atoms with Gasteiger partial charge < -0.3 is 10.6 Å². The molecule has 0 spiro atoms. The summed E-state index contributed by atoms with van der Waals surface area (Å²) in [6, 6.07) is 6.86. The van der Waals surface area contributed by atoms with Gasteiger partial charge in [0.25, 0.3) is 5.69 Å². The van der Waals surface area contributed by atoms with E-state index >= 15 is 0 Å². The molecule has 2 N–H and O–H groups in total. The molecular weight excluding hydrogens is 274 g/mol. The molecule has 3 rings (SSSR count). The van der Waals surface area contributed by atoms with Crippen LogP contribution in [0.4, 0.5) is 11.4 Å². The van der Waals surface area contributed by atoms with Gasteiger partial charge in [0.1, 0.15) is 0 Å². The normalized spacial score (nSPS) is 27.3. The maximum atomic E-state index is 10.7. The van der Waals surface area contributed by atoms with Crippen LogP contribution in [-0.4, -0.2) is 16.1 Å². The van der Waals surface area contributed by atoms with Crippen molar-refractivity contribution in [2.75, 3.05) is 5.32 Å². The average Bonchev–Trinajstić information content (AvgIpc) is 3.01. The lowest BCUT2D eigenvalue weighted by molar-refractivity contribution is -0.384. The molecule has 2 fully saturated rings. The number of nitrogens with one attached hydrogen (secondary N) is 2. The summed E-state index contributed by atoms with van der Waals surface area (Å²) in [7, 11) is 0. The summed E-state index contributed by atoms with van der Waals surface area (Å²) in [6.45, 7) is 0. The molecule has 0 saturated heterocycles. The Bertz CT molecular complexity index is 549. The third-order valence-electron chi connectivity index (χ3n) is 4.37. The number of anilines is 1. The maximum absolute atomic E-state index is 10.7. The molecule has 0 aromatic heterocycles. The quantitative estimate of drug-likeness (QED) is 0.509. The summed E-state index contributed by atoms with van der Waals surface area (Å²) in [5, 5.41) is 17.7. The third kappa shape index (κ3) is 2.75. The van der Waals surface area contributed by atoms with E-state index in [4.69, 9.17) is 12.2 Å². The number of rotatable bonds is 3. The first-order valence-corrected chi connectivity index (χ1v) is 7.34. The fourth-order valence-electron chi connectivity index (χ4n) is 3.45. The fourth-order valence-corrected chi connectivity index (χ4v) is 3.72. The first-order valence-electron chi connectivity index (χ1n) is 6.94. The zero-order chi connectivity index (χ0) is 14.1. The Morgan fingerprint density at radius 2 is 2.20 bits per heavy atom. The number of benzene rings is 1. The zero-order valence-corrected chi connectivity index (χ0v) is 11.9. The van der Waals surface area contributed by atoms with Crippen molar-refractivity contribution in [1.29, 1.82) is 0 Å². The van der Waals surface area contributed by atoms with Gasteiger partial charge in [-0.25, -0.2) is 0 Å². The van der Waals surface area contributed by atoms with Crippen molar-refractivity contribution < 1.29 is 4.92 Å². The summed E-state index contributed by atoms with van der Waals surface area (Å²) >= 11 is 5.31. The molecule has 0 aliphatic heterocycles. The van der Waals surface area contributed by atoms with E-state index in [-0.39, 0.29) is 5.69 Å². The van der Waals surface area contributed by atoms with Gasteiger partial charge in [0, 0.05) is 23.9 Å². The number of hydrogen-bond donors (Lipinski definition) is 2. The highest BCUT2D eigenvalue weighted by Gasteiger charge is 2.39. The Labute approximate surface area is 122 Å². The summed E-state index contributed by atoms with van der Waals surface area (Å²) in [5.41, 5.74) is 0.720. The minimum Gasteiger partial charge on any atom is -0.359 e. The van der Waals surface area contributed by atoms with Crippen LogP contribution >= 0.6 is 12.2 Å². The van der Waals surface area contributed by atoms with E-state index in [9.17, 15) is 10.1 Å². The molecule has 0 amide bonds. The second kappa shape index (κ2) is 5.36. The molecule has 2 aliphatic carbocycles. The first kappa shape index (κ1) is 13.3. The summed E-state index contributed by atoms with van der Waals surface area (Å²) in [4.78, 5) is 10.3. The van der Waals surface area contributed by atoms with Crippen molar-refractivity contribution in [2.45, 2.75) is 31.7 Å². The average molecular weight is 291 g/mol. The predicted octanol–water partition coefficient (Wildman–Crippen LogP) is 3.07. The lowest BCUT2D eigenvalue weighted by atomic mass is 9.96. The number of hydrogen-bond acceptors (Lipinski definition) is 3. The molecule has 1 aromatic carbocycles. The van der Waals surface area contributed by atoms with Crippen LogP contribution in [0.2, 0.25) is 0 Å². The zero-order valence-electron chi connectivity index (χ0n) is 11.0. The standard InChI is InChI=1S/C14H17N3O2S/c18-17(19)12-3-1-2-11(8-12)15-14(20)16-13-7-9-4-5-10(13)6-9/h1-3,8-10,13H,4-7H2,(H2,15,16,20)/t9-,10-,13-/m1/s1. The SMILES string of the molecule is O=[N+]([O-])c1cccc(NC(=S)N[C@@H]2C[C@@H]3CC[C@@H]2C3)c1. The Hall–Kier alpha value is -1.69. The lowest BCUT2D eigenvalue weighted by Crippen LogP contribution is -2.40. The van der Waals surface area contributed by atoms with E-state index in [1.54, 1.807) is 12.1 Å². The van der Waals surface area contributed by atoms with Crippen LogP contribution in [0.15, 0.2) is 24.3 Å². The Morgan fingerprint density at radius 3 is 2.85 bits per heavy atom. The van der Waals surface area contributed by atoms with Gasteiger partial charge in [-0.1, -0.05) is 12.5 Å². The van der Waals surface area contributed by atoms with Crippen molar-refractivity contribution in [3.8, 4) is 0 Å². The second-order valence-electron chi connectivity index (χ2n) is 5.69. The largest absolute Gasteiger partial charge is 0.359 e. The molecule has 20 heavy (non-hydrogen) atoms. The van der Waals surface area contributed by atoms with Gasteiger partial charge in [0.2, 0.25) is 0 Å². The molecule has 2 aliphatic rings. The van der Waals surface area contributed by atoms with E-state index in [0.29, 0.717) is 16.8 Å². The molecule has 0 unspecified atom stereocenters. The lowest BCUT2D eigenvalue weighted by Gasteiger charge is -2.24. The summed E-state index contributed by atoms with van der Waals surface area (Å²) in [5.74, 6) is 1.60. The van der Waals surface area contributed by atoms with Gasteiger partial charge in [0.15, 0.2) is 5.11 Å². The Balaban J connectivity index is 1.59. The van der Waals surface area contributed by atoms with Crippen molar-refractivity contribution >= 4 is 28.7 Å².